The van der Waals surface area contributed by atoms with E-state index in [1.54, 1.807) is 23.5 Å². The molecule has 2 aliphatic rings. The molecule has 0 radical (unpaired) electrons. The van der Waals surface area contributed by atoms with E-state index in [9.17, 15) is 9.59 Å². The van der Waals surface area contributed by atoms with Crippen molar-refractivity contribution in [3.8, 4) is 0 Å². The fourth-order valence-electron chi connectivity index (χ4n) is 4.95. The molecule has 4 heteroatoms. The first-order valence-electron chi connectivity index (χ1n) is 9.13. The predicted octanol–water partition coefficient (Wildman–Crippen LogP) is 4.74. The lowest BCUT2D eigenvalue weighted by Crippen LogP contribution is -2.38. The van der Waals surface area contributed by atoms with E-state index in [0.29, 0.717) is 29.5 Å². The normalized spacial score (nSPS) is 27.7. The summed E-state index contributed by atoms with van der Waals surface area (Å²) in [5.74, 6) is 0.840. The molecular weight excluding hydrogens is 330 g/mol. The molecule has 1 fully saturated rings. The third-order valence-electron chi connectivity index (χ3n) is 6.10. The molecule has 0 N–H and O–H groups in total. The van der Waals surface area contributed by atoms with Gasteiger partial charge in [-0.05, 0) is 52.8 Å². The molecule has 0 saturated heterocycles. The number of imide groups is 1. The highest BCUT2D eigenvalue weighted by atomic mass is 32.1. The van der Waals surface area contributed by atoms with Gasteiger partial charge in [-0.1, -0.05) is 38.8 Å². The van der Waals surface area contributed by atoms with Crippen LogP contribution in [0.3, 0.4) is 0 Å². The molecule has 0 spiro atoms. The van der Waals surface area contributed by atoms with Crippen LogP contribution >= 0.6 is 11.3 Å². The molecule has 3 unspecified atom stereocenters. The number of carbonyl (C=O) groups excluding carboxylic acids is 2. The second-order valence-electron chi connectivity index (χ2n) is 7.20. The molecule has 3 atom stereocenters. The number of nitrogens with zero attached hydrogens (tertiary/aromatic N) is 1. The van der Waals surface area contributed by atoms with E-state index in [1.807, 2.05) is 12.1 Å². The minimum absolute atomic E-state index is 0.0574. The van der Waals surface area contributed by atoms with Crippen molar-refractivity contribution < 1.29 is 9.59 Å². The smallest absolute Gasteiger partial charge is 0.261 e. The van der Waals surface area contributed by atoms with Crippen molar-refractivity contribution in [2.24, 2.45) is 11.8 Å². The van der Waals surface area contributed by atoms with Crippen molar-refractivity contribution in [1.29, 1.82) is 0 Å². The molecule has 0 bridgehead atoms. The zero-order chi connectivity index (χ0) is 17.6. The molecule has 4 rings (SSSR count). The van der Waals surface area contributed by atoms with Gasteiger partial charge in [-0.25, -0.2) is 0 Å². The Labute approximate surface area is 152 Å². The van der Waals surface area contributed by atoms with Gasteiger partial charge in [-0.2, -0.15) is 11.3 Å². The SMILES string of the molecule is CCCC1C(CC)C1(CN1C(=O)c2ccccc2C1=O)c1ccsc1. The predicted molar refractivity (Wildman–Crippen MR) is 100.0 cm³/mol. The van der Waals surface area contributed by atoms with Crippen LogP contribution in [0, 0.1) is 11.8 Å². The Hall–Kier alpha value is -1.94. The van der Waals surface area contributed by atoms with Crippen LogP contribution in [0.5, 0.6) is 0 Å². The summed E-state index contributed by atoms with van der Waals surface area (Å²) in [6.07, 6.45) is 3.37. The van der Waals surface area contributed by atoms with E-state index in [0.717, 1.165) is 19.3 Å². The summed E-state index contributed by atoms with van der Waals surface area (Å²) in [5.41, 5.74) is 2.35. The van der Waals surface area contributed by atoms with E-state index in [4.69, 9.17) is 0 Å². The summed E-state index contributed by atoms with van der Waals surface area (Å²) in [6, 6.07) is 9.37. The maximum absolute atomic E-state index is 12.8. The Morgan fingerprint density at radius 1 is 1.04 bits per heavy atom. The van der Waals surface area contributed by atoms with Crippen molar-refractivity contribution in [3.63, 3.8) is 0 Å². The number of hydrogen-bond donors (Lipinski definition) is 0. The molecule has 1 saturated carbocycles. The van der Waals surface area contributed by atoms with Crippen molar-refractivity contribution in [2.45, 2.75) is 38.5 Å². The van der Waals surface area contributed by atoms with E-state index < -0.39 is 0 Å². The summed E-state index contributed by atoms with van der Waals surface area (Å²) in [6.45, 7) is 4.95. The summed E-state index contributed by atoms with van der Waals surface area (Å²) in [7, 11) is 0. The highest BCUT2D eigenvalue weighted by molar-refractivity contribution is 7.08. The van der Waals surface area contributed by atoms with Gasteiger partial charge < -0.3 is 0 Å². The van der Waals surface area contributed by atoms with Gasteiger partial charge in [-0.3, -0.25) is 14.5 Å². The highest BCUT2D eigenvalue weighted by Gasteiger charge is 2.65. The Morgan fingerprint density at radius 3 is 2.24 bits per heavy atom. The van der Waals surface area contributed by atoms with Gasteiger partial charge in [0, 0.05) is 12.0 Å². The Kier molecular flexibility index (Phi) is 4.03. The Balaban J connectivity index is 1.70. The number of fused-ring (bicyclic) bond motifs is 1. The van der Waals surface area contributed by atoms with Gasteiger partial charge in [0.1, 0.15) is 0 Å². The van der Waals surface area contributed by atoms with E-state index >= 15 is 0 Å². The molecule has 1 aliphatic carbocycles. The van der Waals surface area contributed by atoms with Gasteiger partial charge in [0.05, 0.1) is 11.1 Å². The van der Waals surface area contributed by atoms with Gasteiger partial charge >= 0.3 is 0 Å². The summed E-state index contributed by atoms with van der Waals surface area (Å²) < 4.78 is 0. The van der Waals surface area contributed by atoms with E-state index in [-0.39, 0.29) is 17.2 Å². The van der Waals surface area contributed by atoms with E-state index in [1.165, 1.54) is 10.5 Å². The summed E-state index contributed by atoms with van der Waals surface area (Å²) in [4.78, 5) is 27.2. The van der Waals surface area contributed by atoms with Crippen LogP contribution in [0.2, 0.25) is 0 Å². The van der Waals surface area contributed by atoms with Crippen LogP contribution < -0.4 is 0 Å². The monoisotopic (exact) mass is 353 g/mol. The molecule has 2 heterocycles. The molecule has 130 valence electrons. The number of amides is 2. The molecule has 2 amide bonds. The fourth-order valence-corrected chi connectivity index (χ4v) is 5.70. The Morgan fingerprint density at radius 2 is 1.72 bits per heavy atom. The first kappa shape index (κ1) is 16.5. The molecule has 3 nitrogen and oxygen atoms in total. The van der Waals surface area contributed by atoms with Crippen LogP contribution in [-0.2, 0) is 5.41 Å². The molecule has 2 aromatic rings. The maximum atomic E-state index is 12.8. The van der Waals surface area contributed by atoms with Crippen LogP contribution in [0.15, 0.2) is 41.1 Å². The largest absolute Gasteiger partial charge is 0.273 e. The van der Waals surface area contributed by atoms with Crippen molar-refractivity contribution in [3.05, 3.63) is 57.8 Å². The zero-order valence-electron chi connectivity index (χ0n) is 14.7. The number of rotatable bonds is 6. The number of benzene rings is 1. The van der Waals surface area contributed by atoms with E-state index in [2.05, 4.69) is 30.7 Å². The minimum Gasteiger partial charge on any atom is -0.273 e. The van der Waals surface area contributed by atoms with Crippen LogP contribution in [0.25, 0.3) is 0 Å². The lowest BCUT2D eigenvalue weighted by Gasteiger charge is -2.24. The summed E-state index contributed by atoms with van der Waals surface area (Å²) >= 11 is 1.70. The van der Waals surface area contributed by atoms with Gasteiger partial charge in [0.2, 0.25) is 0 Å². The van der Waals surface area contributed by atoms with Crippen molar-refractivity contribution in [2.75, 3.05) is 6.54 Å². The molecule has 25 heavy (non-hydrogen) atoms. The second kappa shape index (κ2) is 6.10. The standard InChI is InChI=1S/C21H23NO2S/c1-3-7-18-17(4-2)21(18,14-10-11-25-12-14)13-22-19(23)15-8-5-6-9-16(15)20(22)24/h5-6,8-12,17-18H,3-4,7,13H2,1-2H3. The summed E-state index contributed by atoms with van der Waals surface area (Å²) in [5, 5.41) is 4.31. The van der Waals surface area contributed by atoms with Gasteiger partial charge in [0.25, 0.3) is 11.8 Å². The lowest BCUT2D eigenvalue weighted by molar-refractivity contribution is 0.0633. The van der Waals surface area contributed by atoms with Gasteiger partial charge in [-0.15, -0.1) is 0 Å². The number of thiophene rings is 1. The topological polar surface area (TPSA) is 37.4 Å². The van der Waals surface area contributed by atoms with Crippen LogP contribution in [0.4, 0.5) is 0 Å². The maximum Gasteiger partial charge on any atom is 0.261 e. The lowest BCUT2D eigenvalue weighted by atomic mass is 9.91. The first-order valence-corrected chi connectivity index (χ1v) is 10.1. The molecular formula is C21H23NO2S. The molecule has 1 aromatic heterocycles. The Bertz CT molecular complexity index is 778. The number of hydrogen-bond acceptors (Lipinski definition) is 3. The third kappa shape index (κ3) is 2.30. The zero-order valence-corrected chi connectivity index (χ0v) is 15.5. The van der Waals surface area contributed by atoms with Gasteiger partial charge in [0.15, 0.2) is 0 Å². The first-order chi connectivity index (χ1) is 12.1. The average Bonchev–Trinajstić information content (AvgIpc) is 2.95. The van der Waals surface area contributed by atoms with Crippen LogP contribution in [-0.4, -0.2) is 23.3 Å². The highest BCUT2D eigenvalue weighted by Crippen LogP contribution is 2.64. The van der Waals surface area contributed by atoms with Crippen LogP contribution in [0.1, 0.15) is 59.4 Å². The van der Waals surface area contributed by atoms with Crippen molar-refractivity contribution in [1.82, 2.24) is 4.90 Å². The quantitative estimate of drug-likeness (QED) is 0.704. The minimum atomic E-state index is -0.132. The number of carbonyl (C=O) groups is 2. The average molecular weight is 353 g/mol. The third-order valence-corrected chi connectivity index (χ3v) is 6.78. The molecule has 1 aliphatic heterocycles. The van der Waals surface area contributed by atoms with Crippen molar-refractivity contribution >= 4 is 23.2 Å². The fraction of sp³-hybridized carbons (Fsp3) is 0.429. The molecule has 1 aromatic carbocycles. The second-order valence-corrected chi connectivity index (χ2v) is 7.98.